The van der Waals surface area contributed by atoms with E-state index in [1.54, 1.807) is 0 Å². The minimum Gasteiger partial charge on any atom is -0.424 e. The van der Waals surface area contributed by atoms with E-state index >= 15 is 0 Å². The molecule has 7 heteroatoms. The van der Waals surface area contributed by atoms with Crippen LogP contribution in [0.1, 0.15) is 43.4 Å². The standard InChI is InChI=1S/C12H16F3N3O/c13-12(14,15)9-3-5-18(6-4-9)7-10-16-17-11(19-10)8-1-2-8/h8-9H,1-7H2. The highest BCUT2D eigenvalue weighted by Crippen LogP contribution is 2.39. The molecular formula is C12H16F3N3O. The predicted octanol–water partition coefficient (Wildman–Crippen LogP) is 2.72. The van der Waals surface area contributed by atoms with Gasteiger partial charge in [0.05, 0.1) is 12.5 Å². The molecule has 0 N–H and O–H groups in total. The minimum absolute atomic E-state index is 0.160. The van der Waals surface area contributed by atoms with Gasteiger partial charge in [-0.3, -0.25) is 4.90 Å². The van der Waals surface area contributed by atoms with Crippen LogP contribution >= 0.6 is 0 Å². The van der Waals surface area contributed by atoms with Crippen LogP contribution in [0.5, 0.6) is 0 Å². The lowest BCUT2D eigenvalue weighted by Crippen LogP contribution is -2.38. The first-order valence-corrected chi connectivity index (χ1v) is 6.63. The Morgan fingerprint density at radius 3 is 2.37 bits per heavy atom. The van der Waals surface area contributed by atoms with Gasteiger partial charge in [0.1, 0.15) is 0 Å². The molecule has 0 aromatic carbocycles. The summed E-state index contributed by atoms with van der Waals surface area (Å²) in [4.78, 5) is 1.95. The number of piperidine rings is 1. The number of rotatable bonds is 3. The lowest BCUT2D eigenvalue weighted by Gasteiger charge is -2.31. The normalized spacial score (nSPS) is 22.9. The molecule has 0 radical (unpaired) electrons. The molecule has 0 unspecified atom stereocenters. The molecule has 1 aromatic rings. The second-order valence-corrected chi connectivity index (χ2v) is 5.40. The summed E-state index contributed by atoms with van der Waals surface area (Å²) in [5.74, 6) is 0.457. The molecule has 2 fully saturated rings. The topological polar surface area (TPSA) is 42.2 Å². The average molecular weight is 275 g/mol. The van der Waals surface area contributed by atoms with E-state index in [4.69, 9.17) is 4.42 Å². The number of nitrogens with zero attached hydrogens (tertiary/aromatic N) is 3. The number of likely N-dealkylation sites (tertiary alicyclic amines) is 1. The fourth-order valence-corrected chi connectivity index (χ4v) is 2.44. The average Bonchev–Trinajstić information content (AvgIpc) is 3.10. The van der Waals surface area contributed by atoms with Crippen molar-refractivity contribution in [2.45, 2.75) is 44.3 Å². The van der Waals surface area contributed by atoms with E-state index in [0.29, 0.717) is 37.3 Å². The van der Waals surface area contributed by atoms with E-state index in [0.717, 1.165) is 12.8 Å². The van der Waals surface area contributed by atoms with Crippen LogP contribution in [0.4, 0.5) is 13.2 Å². The van der Waals surface area contributed by atoms with Gasteiger partial charge in [-0.15, -0.1) is 10.2 Å². The zero-order valence-corrected chi connectivity index (χ0v) is 10.5. The molecule has 3 rings (SSSR count). The van der Waals surface area contributed by atoms with Gasteiger partial charge < -0.3 is 4.42 Å². The zero-order chi connectivity index (χ0) is 13.5. The van der Waals surface area contributed by atoms with Crippen LogP contribution < -0.4 is 0 Å². The first-order valence-electron chi connectivity index (χ1n) is 6.63. The van der Waals surface area contributed by atoms with Crippen molar-refractivity contribution in [1.82, 2.24) is 15.1 Å². The number of aromatic nitrogens is 2. The molecule has 1 saturated heterocycles. The monoisotopic (exact) mass is 275 g/mol. The van der Waals surface area contributed by atoms with Crippen LogP contribution in [0.3, 0.4) is 0 Å². The van der Waals surface area contributed by atoms with Crippen molar-refractivity contribution in [2.24, 2.45) is 5.92 Å². The maximum absolute atomic E-state index is 12.5. The highest BCUT2D eigenvalue weighted by atomic mass is 19.4. The summed E-state index contributed by atoms with van der Waals surface area (Å²) in [7, 11) is 0. The lowest BCUT2D eigenvalue weighted by atomic mass is 9.96. The van der Waals surface area contributed by atoms with Crippen LogP contribution in [0, 0.1) is 5.92 Å². The quantitative estimate of drug-likeness (QED) is 0.850. The SMILES string of the molecule is FC(F)(F)C1CCN(Cc2nnc(C3CC3)o2)CC1. The summed E-state index contributed by atoms with van der Waals surface area (Å²) < 4.78 is 43.1. The molecule has 0 atom stereocenters. The zero-order valence-electron chi connectivity index (χ0n) is 10.5. The number of halogens is 3. The Bertz CT molecular complexity index is 434. The maximum atomic E-state index is 12.5. The van der Waals surface area contributed by atoms with Gasteiger partial charge in [0.25, 0.3) is 0 Å². The number of hydrogen-bond acceptors (Lipinski definition) is 4. The van der Waals surface area contributed by atoms with E-state index in [-0.39, 0.29) is 12.8 Å². The van der Waals surface area contributed by atoms with E-state index < -0.39 is 12.1 Å². The first-order chi connectivity index (χ1) is 9.02. The van der Waals surface area contributed by atoms with E-state index in [9.17, 15) is 13.2 Å². The van der Waals surface area contributed by atoms with Crippen molar-refractivity contribution in [3.8, 4) is 0 Å². The van der Waals surface area contributed by atoms with Gasteiger partial charge >= 0.3 is 6.18 Å². The molecule has 0 amide bonds. The Labute approximate surface area is 109 Å². The summed E-state index contributed by atoms with van der Waals surface area (Å²) in [6, 6.07) is 0. The van der Waals surface area contributed by atoms with Gasteiger partial charge in [0.15, 0.2) is 0 Å². The van der Waals surface area contributed by atoms with Crippen molar-refractivity contribution in [3.05, 3.63) is 11.8 Å². The van der Waals surface area contributed by atoms with E-state index in [1.165, 1.54) is 0 Å². The van der Waals surface area contributed by atoms with Crippen LogP contribution in [0.2, 0.25) is 0 Å². The summed E-state index contributed by atoms with van der Waals surface area (Å²) in [5.41, 5.74) is 0. The van der Waals surface area contributed by atoms with E-state index in [2.05, 4.69) is 10.2 Å². The Morgan fingerprint density at radius 2 is 1.79 bits per heavy atom. The summed E-state index contributed by atoms with van der Waals surface area (Å²) >= 11 is 0. The third kappa shape index (κ3) is 3.08. The molecular weight excluding hydrogens is 259 g/mol. The van der Waals surface area contributed by atoms with Gasteiger partial charge in [-0.05, 0) is 38.8 Å². The minimum atomic E-state index is -4.06. The van der Waals surface area contributed by atoms with Crippen molar-refractivity contribution < 1.29 is 17.6 Å². The van der Waals surface area contributed by atoms with Crippen molar-refractivity contribution in [1.29, 1.82) is 0 Å². The lowest BCUT2D eigenvalue weighted by molar-refractivity contribution is -0.185. The predicted molar refractivity (Wildman–Crippen MR) is 60.3 cm³/mol. The maximum Gasteiger partial charge on any atom is 0.391 e. The van der Waals surface area contributed by atoms with Gasteiger partial charge in [0, 0.05) is 5.92 Å². The van der Waals surface area contributed by atoms with Gasteiger partial charge in [-0.1, -0.05) is 0 Å². The first kappa shape index (κ1) is 12.9. The summed E-state index contributed by atoms with van der Waals surface area (Å²) in [6.45, 7) is 1.33. The fraction of sp³-hybridized carbons (Fsp3) is 0.833. The highest BCUT2D eigenvalue weighted by molar-refractivity contribution is 5.00. The largest absolute Gasteiger partial charge is 0.424 e. The third-order valence-electron chi connectivity index (χ3n) is 3.82. The van der Waals surface area contributed by atoms with Crippen LogP contribution in [-0.2, 0) is 6.54 Å². The molecule has 2 heterocycles. The number of alkyl halides is 3. The molecule has 2 aliphatic rings. The van der Waals surface area contributed by atoms with Crippen molar-refractivity contribution >= 4 is 0 Å². The second kappa shape index (κ2) is 4.77. The Kier molecular flexibility index (Phi) is 3.24. The number of hydrogen-bond donors (Lipinski definition) is 0. The molecule has 1 saturated carbocycles. The second-order valence-electron chi connectivity index (χ2n) is 5.40. The summed E-state index contributed by atoms with van der Waals surface area (Å²) in [6.07, 6.45) is -1.55. The fourth-order valence-electron chi connectivity index (χ4n) is 2.44. The van der Waals surface area contributed by atoms with Crippen LogP contribution in [-0.4, -0.2) is 34.4 Å². The molecule has 106 valence electrons. The molecule has 0 bridgehead atoms. The molecule has 1 aromatic heterocycles. The Balaban J connectivity index is 1.51. The van der Waals surface area contributed by atoms with Crippen LogP contribution in [0.15, 0.2) is 4.42 Å². The molecule has 1 aliphatic heterocycles. The van der Waals surface area contributed by atoms with Gasteiger partial charge in [0.2, 0.25) is 11.8 Å². The van der Waals surface area contributed by atoms with Crippen LogP contribution in [0.25, 0.3) is 0 Å². The van der Waals surface area contributed by atoms with Crippen molar-refractivity contribution in [3.63, 3.8) is 0 Å². The van der Waals surface area contributed by atoms with Gasteiger partial charge in [-0.2, -0.15) is 13.2 Å². The molecule has 0 spiro atoms. The molecule has 1 aliphatic carbocycles. The van der Waals surface area contributed by atoms with Crippen molar-refractivity contribution in [2.75, 3.05) is 13.1 Å². The molecule has 19 heavy (non-hydrogen) atoms. The summed E-state index contributed by atoms with van der Waals surface area (Å²) in [5, 5.41) is 7.93. The smallest absolute Gasteiger partial charge is 0.391 e. The molecule has 4 nitrogen and oxygen atoms in total. The van der Waals surface area contributed by atoms with Gasteiger partial charge in [-0.25, -0.2) is 0 Å². The Morgan fingerprint density at radius 1 is 1.11 bits per heavy atom. The third-order valence-corrected chi connectivity index (χ3v) is 3.82. The van der Waals surface area contributed by atoms with E-state index in [1.807, 2.05) is 4.90 Å². The Hall–Kier alpha value is -1.11. The highest BCUT2D eigenvalue weighted by Gasteiger charge is 2.41.